The molecule has 2 heterocycles. The van der Waals surface area contributed by atoms with E-state index >= 15 is 0 Å². The Labute approximate surface area is 111 Å². The number of hydrogen-bond donors (Lipinski definition) is 1. The summed E-state index contributed by atoms with van der Waals surface area (Å²) in [7, 11) is 2.76. The topological polar surface area (TPSA) is 83.5 Å². The van der Waals surface area contributed by atoms with Gasteiger partial charge in [0.05, 0.1) is 19.6 Å². The van der Waals surface area contributed by atoms with Gasteiger partial charge in [0.15, 0.2) is 12.1 Å². The first kappa shape index (κ1) is 14.7. The van der Waals surface area contributed by atoms with E-state index in [0.717, 1.165) is 0 Å². The van der Waals surface area contributed by atoms with Crippen molar-refractivity contribution in [1.29, 1.82) is 0 Å². The van der Waals surface area contributed by atoms with E-state index in [1.54, 1.807) is 13.8 Å². The first-order chi connectivity index (χ1) is 8.88. The lowest BCUT2D eigenvalue weighted by Crippen LogP contribution is -2.39. The first-order valence-corrected chi connectivity index (χ1v) is 6.16. The van der Waals surface area contributed by atoms with Gasteiger partial charge >= 0.3 is 5.97 Å². The Morgan fingerprint density at radius 2 is 1.95 bits per heavy atom. The van der Waals surface area contributed by atoms with Crippen LogP contribution in [0.3, 0.4) is 0 Å². The van der Waals surface area contributed by atoms with Crippen molar-refractivity contribution in [3.8, 4) is 0 Å². The number of rotatable bonds is 4. The van der Waals surface area contributed by atoms with Crippen LogP contribution in [0.25, 0.3) is 0 Å². The van der Waals surface area contributed by atoms with Gasteiger partial charge in [-0.15, -0.1) is 0 Å². The van der Waals surface area contributed by atoms with Gasteiger partial charge in [-0.2, -0.15) is 0 Å². The quantitative estimate of drug-likeness (QED) is 0.712. The maximum absolute atomic E-state index is 11.2. The lowest BCUT2D eigenvalue weighted by Gasteiger charge is -2.25. The molecule has 0 aromatic carbocycles. The number of methoxy groups -OCH3 is 2. The molecule has 0 amide bonds. The molecule has 2 fully saturated rings. The van der Waals surface area contributed by atoms with E-state index in [0.29, 0.717) is 0 Å². The zero-order chi connectivity index (χ0) is 14.2. The second-order valence-corrected chi connectivity index (χ2v) is 5.12. The molecule has 2 rings (SSSR count). The van der Waals surface area contributed by atoms with Gasteiger partial charge in [0.1, 0.15) is 18.3 Å². The zero-order valence-electron chi connectivity index (χ0n) is 11.5. The lowest BCUT2D eigenvalue weighted by molar-refractivity contribution is -0.237. The third kappa shape index (κ3) is 2.90. The molecule has 7 heteroatoms. The SMILES string of the molecule is COC(=O)C[C@@H](O)[C@H]1O[C@@H](OC)[C@@H]2OC(C)(C)O[C@@H]21. The summed E-state index contributed by atoms with van der Waals surface area (Å²) < 4.78 is 26.7. The minimum absolute atomic E-state index is 0.162. The highest BCUT2D eigenvalue weighted by Gasteiger charge is 2.57. The van der Waals surface area contributed by atoms with E-state index in [9.17, 15) is 9.90 Å². The van der Waals surface area contributed by atoms with Crippen molar-refractivity contribution in [2.24, 2.45) is 0 Å². The number of carbonyl (C=O) groups is 1. The Balaban J connectivity index is 2.07. The normalized spacial score (nSPS) is 37.9. The van der Waals surface area contributed by atoms with Gasteiger partial charge in [0.25, 0.3) is 0 Å². The second kappa shape index (κ2) is 5.34. The Hall–Kier alpha value is -0.730. The summed E-state index contributed by atoms with van der Waals surface area (Å²) in [6, 6.07) is 0. The van der Waals surface area contributed by atoms with Crippen LogP contribution in [0.15, 0.2) is 0 Å². The van der Waals surface area contributed by atoms with E-state index < -0.39 is 42.5 Å². The molecule has 0 radical (unpaired) electrons. The van der Waals surface area contributed by atoms with Crippen molar-refractivity contribution < 1.29 is 33.6 Å². The third-order valence-corrected chi connectivity index (χ3v) is 3.26. The molecule has 0 aromatic rings. The smallest absolute Gasteiger partial charge is 0.308 e. The number of carbonyl (C=O) groups excluding carboxylic acids is 1. The van der Waals surface area contributed by atoms with Crippen LogP contribution in [-0.4, -0.2) is 61.8 Å². The van der Waals surface area contributed by atoms with Gasteiger partial charge in [0, 0.05) is 7.11 Å². The summed E-state index contributed by atoms with van der Waals surface area (Å²) >= 11 is 0. The van der Waals surface area contributed by atoms with Crippen LogP contribution >= 0.6 is 0 Å². The van der Waals surface area contributed by atoms with Crippen LogP contribution in [0.4, 0.5) is 0 Å². The van der Waals surface area contributed by atoms with Crippen LogP contribution in [0.2, 0.25) is 0 Å². The Bertz CT molecular complexity index is 343. The molecular formula is C12H20O7. The van der Waals surface area contributed by atoms with E-state index in [1.807, 2.05) is 0 Å². The van der Waals surface area contributed by atoms with Crippen molar-refractivity contribution >= 4 is 5.97 Å². The Morgan fingerprint density at radius 3 is 2.53 bits per heavy atom. The standard InChI is InChI=1S/C12H20O7/c1-12(2)18-9-8(6(13)5-7(14)15-3)17-11(16-4)10(9)19-12/h6,8-11,13H,5H2,1-4H3/t6-,8-,9-,10-,11-/m1/s1. The highest BCUT2D eigenvalue weighted by molar-refractivity contribution is 5.69. The largest absolute Gasteiger partial charge is 0.469 e. The third-order valence-electron chi connectivity index (χ3n) is 3.26. The first-order valence-electron chi connectivity index (χ1n) is 6.16. The summed E-state index contributed by atoms with van der Waals surface area (Å²) in [4.78, 5) is 11.2. The maximum Gasteiger partial charge on any atom is 0.308 e. The highest BCUT2D eigenvalue weighted by Crippen LogP contribution is 2.40. The van der Waals surface area contributed by atoms with Crippen molar-refractivity contribution in [3.05, 3.63) is 0 Å². The van der Waals surface area contributed by atoms with E-state index in [-0.39, 0.29) is 6.42 Å². The summed E-state index contributed by atoms with van der Waals surface area (Å²) in [5, 5.41) is 10.1. The average molecular weight is 276 g/mol. The Morgan fingerprint density at radius 1 is 1.32 bits per heavy atom. The van der Waals surface area contributed by atoms with Gasteiger partial charge in [-0.05, 0) is 13.8 Å². The minimum atomic E-state index is -1.03. The van der Waals surface area contributed by atoms with E-state index in [4.69, 9.17) is 18.9 Å². The molecular weight excluding hydrogens is 256 g/mol. The fraction of sp³-hybridized carbons (Fsp3) is 0.917. The number of ether oxygens (including phenoxy) is 5. The van der Waals surface area contributed by atoms with Gasteiger partial charge in [0.2, 0.25) is 0 Å². The fourth-order valence-electron chi connectivity index (χ4n) is 2.46. The zero-order valence-corrected chi connectivity index (χ0v) is 11.5. The number of esters is 1. The van der Waals surface area contributed by atoms with Crippen molar-refractivity contribution in [3.63, 3.8) is 0 Å². The predicted octanol–water partition coefficient (Wildman–Crippen LogP) is -0.198. The lowest BCUT2D eigenvalue weighted by atomic mass is 10.0. The molecule has 7 nitrogen and oxygen atoms in total. The van der Waals surface area contributed by atoms with Gasteiger partial charge in [-0.3, -0.25) is 4.79 Å². The molecule has 5 atom stereocenters. The summed E-state index contributed by atoms with van der Waals surface area (Å²) in [5.41, 5.74) is 0. The summed E-state index contributed by atoms with van der Waals surface area (Å²) in [6.45, 7) is 3.56. The van der Waals surface area contributed by atoms with Crippen LogP contribution in [0.1, 0.15) is 20.3 Å². The van der Waals surface area contributed by atoms with Crippen LogP contribution < -0.4 is 0 Å². The number of aliphatic hydroxyl groups excluding tert-OH is 1. The van der Waals surface area contributed by atoms with E-state index in [2.05, 4.69) is 4.74 Å². The van der Waals surface area contributed by atoms with Crippen molar-refractivity contribution in [2.75, 3.05) is 14.2 Å². The number of aliphatic hydroxyl groups is 1. The van der Waals surface area contributed by atoms with Gasteiger partial charge < -0.3 is 28.8 Å². The summed E-state index contributed by atoms with van der Waals surface area (Å²) in [6.07, 6.45) is -3.39. The molecule has 2 aliphatic rings. The molecule has 0 aliphatic carbocycles. The van der Waals surface area contributed by atoms with Crippen molar-refractivity contribution in [2.45, 2.75) is 56.8 Å². The number of hydrogen-bond acceptors (Lipinski definition) is 7. The molecule has 0 saturated carbocycles. The number of fused-ring (bicyclic) bond motifs is 1. The molecule has 2 saturated heterocycles. The van der Waals surface area contributed by atoms with E-state index in [1.165, 1.54) is 14.2 Å². The summed E-state index contributed by atoms with van der Waals surface area (Å²) in [5.74, 6) is -1.27. The van der Waals surface area contributed by atoms with Gasteiger partial charge in [-0.1, -0.05) is 0 Å². The predicted molar refractivity (Wildman–Crippen MR) is 62.1 cm³/mol. The van der Waals surface area contributed by atoms with Crippen LogP contribution in [-0.2, 0) is 28.5 Å². The molecule has 0 aromatic heterocycles. The van der Waals surface area contributed by atoms with Crippen LogP contribution in [0, 0.1) is 0 Å². The molecule has 0 bridgehead atoms. The molecule has 0 unspecified atom stereocenters. The molecule has 1 N–H and O–H groups in total. The van der Waals surface area contributed by atoms with Crippen LogP contribution in [0.5, 0.6) is 0 Å². The fourth-order valence-corrected chi connectivity index (χ4v) is 2.46. The highest BCUT2D eigenvalue weighted by atomic mass is 16.8. The second-order valence-electron chi connectivity index (χ2n) is 5.12. The molecule has 2 aliphatic heterocycles. The maximum atomic E-state index is 11.2. The average Bonchev–Trinajstić information content (AvgIpc) is 2.81. The van der Waals surface area contributed by atoms with Gasteiger partial charge in [-0.25, -0.2) is 0 Å². The van der Waals surface area contributed by atoms with Crippen molar-refractivity contribution in [1.82, 2.24) is 0 Å². The monoisotopic (exact) mass is 276 g/mol. The molecule has 19 heavy (non-hydrogen) atoms. The Kier molecular flexibility index (Phi) is 4.12. The molecule has 0 spiro atoms. The minimum Gasteiger partial charge on any atom is -0.469 e. The molecule has 110 valence electrons.